The largest absolute Gasteiger partial charge is 0.227 e. The number of fused-ring (bicyclic) bond motifs is 3. The maximum atomic E-state index is 11.5. The lowest BCUT2D eigenvalue weighted by molar-refractivity contribution is 0.591. The van der Waals surface area contributed by atoms with Crippen LogP contribution in [0.2, 0.25) is 0 Å². The fourth-order valence-corrected chi connectivity index (χ4v) is 7.59. The second-order valence-electron chi connectivity index (χ2n) is 3.59. The van der Waals surface area contributed by atoms with Gasteiger partial charge in [0.05, 0.1) is 10.5 Å². The minimum atomic E-state index is -3.02. The van der Waals surface area contributed by atoms with Crippen molar-refractivity contribution in [2.24, 2.45) is 0 Å². The third kappa shape index (κ3) is 0.919. The molecule has 0 aromatic carbocycles. The SMILES string of the molecule is CS(=O)(=O)C12C=CC3SC3(Cl)C1S2. The molecular formula is C7H7ClO2S3. The highest BCUT2D eigenvalue weighted by atomic mass is 35.5. The highest BCUT2D eigenvalue weighted by Gasteiger charge is 2.79. The van der Waals surface area contributed by atoms with E-state index < -0.39 is 13.9 Å². The molecule has 2 aliphatic heterocycles. The number of thioether (sulfide) groups is 2. The second kappa shape index (κ2) is 2.10. The zero-order valence-corrected chi connectivity index (χ0v) is 9.93. The Bertz CT molecular complexity index is 417. The number of hydrogen-bond acceptors (Lipinski definition) is 4. The van der Waals surface area contributed by atoms with Gasteiger partial charge in [-0.3, -0.25) is 0 Å². The van der Waals surface area contributed by atoms with Crippen LogP contribution in [0.5, 0.6) is 0 Å². The minimum Gasteiger partial charge on any atom is -0.227 e. The Balaban J connectivity index is 2.10. The van der Waals surface area contributed by atoms with Gasteiger partial charge in [-0.1, -0.05) is 12.2 Å². The van der Waals surface area contributed by atoms with Gasteiger partial charge in [-0.15, -0.1) is 35.1 Å². The summed E-state index contributed by atoms with van der Waals surface area (Å²) in [5.41, 5.74) is 0. The first-order valence-electron chi connectivity index (χ1n) is 3.84. The molecular weight excluding hydrogens is 248 g/mol. The first kappa shape index (κ1) is 8.95. The molecule has 0 radical (unpaired) electrons. The van der Waals surface area contributed by atoms with Crippen LogP contribution in [-0.4, -0.2) is 33.5 Å². The van der Waals surface area contributed by atoms with E-state index in [0.29, 0.717) is 5.25 Å². The Morgan fingerprint density at radius 3 is 2.77 bits per heavy atom. The molecule has 72 valence electrons. The van der Waals surface area contributed by atoms with Crippen LogP contribution in [0.1, 0.15) is 0 Å². The number of hydrogen-bond donors (Lipinski definition) is 0. The number of halogens is 1. The van der Waals surface area contributed by atoms with Crippen LogP contribution in [0.4, 0.5) is 0 Å². The van der Waals surface area contributed by atoms with Crippen LogP contribution < -0.4 is 0 Å². The maximum absolute atomic E-state index is 11.5. The Kier molecular flexibility index (Phi) is 1.45. The van der Waals surface area contributed by atoms with E-state index >= 15 is 0 Å². The van der Waals surface area contributed by atoms with Crippen LogP contribution in [0.15, 0.2) is 12.2 Å². The normalized spacial score (nSPS) is 56.8. The highest BCUT2D eigenvalue weighted by Crippen LogP contribution is 2.78. The summed E-state index contributed by atoms with van der Waals surface area (Å²) in [4.78, 5) is 0. The first-order valence-corrected chi connectivity index (χ1v) is 7.86. The average molecular weight is 255 g/mol. The molecule has 2 fully saturated rings. The van der Waals surface area contributed by atoms with E-state index in [-0.39, 0.29) is 9.46 Å². The van der Waals surface area contributed by atoms with E-state index in [1.807, 2.05) is 12.2 Å². The van der Waals surface area contributed by atoms with Crippen molar-refractivity contribution in [1.29, 1.82) is 0 Å². The molecule has 0 bridgehead atoms. The van der Waals surface area contributed by atoms with E-state index in [1.54, 1.807) is 11.8 Å². The van der Waals surface area contributed by atoms with Gasteiger partial charge >= 0.3 is 0 Å². The quantitative estimate of drug-likeness (QED) is 0.403. The van der Waals surface area contributed by atoms with E-state index in [1.165, 1.54) is 18.0 Å². The monoisotopic (exact) mass is 254 g/mol. The molecule has 3 aliphatic rings. The zero-order valence-electron chi connectivity index (χ0n) is 6.73. The van der Waals surface area contributed by atoms with Crippen LogP contribution in [0, 0.1) is 0 Å². The van der Waals surface area contributed by atoms with Gasteiger partial charge in [0.1, 0.15) is 8.29 Å². The molecule has 3 rings (SSSR count). The van der Waals surface area contributed by atoms with Crippen LogP contribution in [0.3, 0.4) is 0 Å². The first-order chi connectivity index (χ1) is 5.90. The number of rotatable bonds is 1. The Morgan fingerprint density at radius 1 is 1.46 bits per heavy atom. The van der Waals surface area contributed by atoms with Crippen molar-refractivity contribution in [2.75, 3.05) is 6.26 Å². The summed E-state index contributed by atoms with van der Waals surface area (Å²) in [6, 6.07) is 0. The van der Waals surface area contributed by atoms with Gasteiger partial charge in [-0.05, 0) is 0 Å². The third-order valence-corrected chi connectivity index (χ3v) is 9.54. The van der Waals surface area contributed by atoms with E-state index in [4.69, 9.17) is 11.6 Å². The van der Waals surface area contributed by atoms with Crippen molar-refractivity contribution in [1.82, 2.24) is 0 Å². The molecule has 2 heterocycles. The highest BCUT2D eigenvalue weighted by molar-refractivity contribution is 8.24. The predicted octanol–water partition coefficient (Wildman–Crippen LogP) is 1.46. The molecule has 2 nitrogen and oxygen atoms in total. The molecule has 4 unspecified atom stereocenters. The van der Waals surface area contributed by atoms with Crippen molar-refractivity contribution >= 4 is 45.0 Å². The summed E-state index contributed by atoms with van der Waals surface area (Å²) in [5, 5.41) is 0.403. The summed E-state index contributed by atoms with van der Waals surface area (Å²) >= 11 is 9.39. The number of sulfone groups is 1. The lowest BCUT2D eigenvalue weighted by atomic mass is 10.1. The molecule has 0 aromatic heterocycles. The van der Waals surface area contributed by atoms with Crippen molar-refractivity contribution in [3.05, 3.63) is 12.2 Å². The average Bonchev–Trinajstić information content (AvgIpc) is 2.73. The van der Waals surface area contributed by atoms with Crippen molar-refractivity contribution in [3.8, 4) is 0 Å². The van der Waals surface area contributed by atoms with E-state index in [2.05, 4.69) is 0 Å². The molecule has 0 amide bonds. The summed E-state index contributed by atoms with van der Waals surface area (Å²) in [6.07, 6.45) is 5.05. The molecule has 6 heteroatoms. The van der Waals surface area contributed by atoms with Crippen LogP contribution >= 0.6 is 35.1 Å². The molecule has 13 heavy (non-hydrogen) atoms. The Hall–Kier alpha value is 0.680. The standard InChI is InChI=1S/C7H7ClO2S3/c1-13(9,10)6-3-2-4-7(8,11-4)5(6)12-6/h2-5H,1H3. The van der Waals surface area contributed by atoms with Crippen molar-refractivity contribution in [3.63, 3.8) is 0 Å². The summed E-state index contributed by atoms with van der Waals surface area (Å²) in [5.74, 6) is 0. The van der Waals surface area contributed by atoms with Crippen LogP contribution in [-0.2, 0) is 9.84 Å². The smallest absolute Gasteiger partial charge is 0.167 e. The van der Waals surface area contributed by atoms with Gasteiger partial charge in [-0.25, -0.2) is 8.42 Å². The van der Waals surface area contributed by atoms with E-state index in [0.717, 1.165) is 0 Å². The fraction of sp³-hybridized carbons (Fsp3) is 0.714. The second-order valence-corrected chi connectivity index (χ2v) is 9.72. The fourth-order valence-electron chi connectivity index (χ4n) is 1.80. The van der Waals surface area contributed by atoms with Gasteiger partial charge in [-0.2, -0.15) is 0 Å². The zero-order chi connectivity index (χ0) is 9.48. The van der Waals surface area contributed by atoms with Gasteiger partial charge in [0, 0.05) is 6.26 Å². The number of alkyl halides is 1. The van der Waals surface area contributed by atoms with Gasteiger partial charge in [0.2, 0.25) is 0 Å². The topological polar surface area (TPSA) is 34.1 Å². The molecule has 0 N–H and O–H groups in total. The maximum Gasteiger partial charge on any atom is 0.167 e. The third-order valence-electron chi connectivity index (χ3n) is 2.69. The lowest BCUT2D eigenvalue weighted by Crippen LogP contribution is -2.32. The molecule has 4 atom stereocenters. The van der Waals surface area contributed by atoms with Gasteiger partial charge in [0.15, 0.2) is 9.84 Å². The molecule has 1 aliphatic carbocycles. The molecule has 0 aromatic rings. The van der Waals surface area contributed by atoms with Crippen molar-refractivity contribution < 1.29 is 8.42 Å². The summed E-state index contributed by atoms with van der Waals surface area (Å²) in [6.45, 7) is 0. The lowest BCUT2D eigenvalue weighted by Gasteiger charge is -2.13. The summed E-state index contributed by atoms with van der Waals surface area (Å²) in [7, 11) is -3.02. The Morgan fingerprint density at radius 2 is 2.15 bits per heavy atom. The Labute approximate surface area is 90.4 Å². The van der Waals surface area contributed by atoms with Gasteiger partial charge < -0.3 is 0 Å². The van der Waals surface area contributed by atoms with E-state index in [9.17, 15) is 8.42 Å². The molecule has 2 saturated heterocycles. The molecule has 0 saturated carbocycles. The molecule has 0 spiro atoms. The predicted molar refractivity (Wildman–Crippen MR) is 58.1 cm³/mol. The van der Waals surface area contributed by atoms with Gasteiger partial charge in [0.25, 0.3) is 0 Å². The summed E-state index contributed by atoms with van der Waals surface area (Å²) < 4.78 is 22.0. The van der Waals surface area contributed by atoms with Crippen LogP contribution in [0.25, 0.3) is 0 Å². The van der Waals surface area contributed by atoms with Crippen molar-refractivity contribution in [2.45, 2.75) is 18.8 Å². The minimum absolute atomic E-state index is 0.0664.